The van der Waals surface area contributed by atoms with Crippen LogP contribution in [0, 0.1) is 0 Å². The second-order valence-corrected chi connectivity index (χ2v) is 7.98. The van der Waals surface area contributed by atoms with Crippen LogP contribution in [0.25, 0.3) is 0 Å². The van der Waals surface area contributed by atoms with Crippen molar-refractivity contribution in [2.75, 3.05) is 26.2 Å². The monoisotopic (exact) mass is 347 g/mol. The summed E-state index contributed by atoms with van der Waals surface area (Å²) in [6, 6.07) is 2.53. The molecule has 0 saturated carbocycles. The van der Waals surface area contributed by atoms with E-state index in [0.29, 0.717) is 0 Å². The first-order chi connectivity index (χ1) is 10.8. The minimum absolute atomic E-state index is 0.0329. The zero-order valence-corrected chi connectivity index (χ0v) is 13.3. The van der Waals surface area contributed by atoms with Gasteiger partial charge in [-0.3, -0.25) is 9.88 Å². The number of alkyl halides is 2. The fourth-order valence-corrected chi connectivity index (χ4v) is 4.56. The molecule has 2 aliphatic rings. The van der Waals surface area contributed by atoms with Crippen molar-refractivity contribution in [2.45, 2.75) is 35.8 Å². The zero-order valence-electron chi connectivity index (χ0n) is 12.5. The Morgan fingerprint density at radius 1 is 1.26 bits per heavy atom. The molecule has 1 aromatic rings. The number of rotatable bonds is 3. The Balaban J connectivity index is 1.72. The highest BCUT2D eigenvalue weighted by Crippen LogP contribution is 2.31. The van der Waals surface area contributed by atoms with Crippen LogP contribution in [0.3, 0.4) is 0 Å². The van der Waals surface area contributed by atoms with Crippen LogP contribution in [0.4, 0.5) is 8.78 Å². The number of piperidine rings is 1. The molecule has 0 aromatic carbocycles. The lowest BCUT2D eigenvalue weighted by atomic mass is 10.0. The van der Waals surface area contributed by atoms with E-state index in [9.17, 15) is 22.3 Å². The normalized spacial score (nSPS) is 29.7. The van der Waals surface area contributed by atoms with Gasteiger partial charge in [0.1, 0.15) is 4.90 Å². The fourth-order valence-electron chi connectivity index (χ4n) is 3.12. The molecule has 2 saturated heterocycles. The van der Waals surface area contributed by atoms with Crippen molar-refractivity contribution in [3.05, 3.63) is 24.5 Å². The molecule has 0 amide bonds. The van der Waals surface area contributed by atoms with Crippen molar-refractivity contribution >= 4 is 10.0 Å². The highest BCUT2D eigenvalue weighted by atomic mass is 32.2. The van der Waals surface area contributed by atoms with E-state index in [0.717, 1.165) is 0 Å². The lowest BCUT2D eigenvalue weighted by Gasteiger charge is -2.36. The van der Waals surface area contributed by atoms with Gasteiger partial charge in [0.2, 0.25) is 10.0 Å². The standard InChI is InChI=1S/C14H19F2N3O3S/c15-14(16)3-6-18(7-4-14)12-9-19(10-13(12)20)23(21,22)11-2-1-5-17-8-11/h1-2,5,8,12-13,20H,3-4,6-7,9-10H2/t12-,13-/m1/s1. The summed E-state index contributed by atoms with van der Waals surface area (Å²) in [5.41, 5.74) is 0. The molecule has 6 nitrogen and oxygen atoms in total. The number of aliphatic hydroxyl groups excluding tert-OH is 1. The van der Waals surface area contributed by atoms with Crippen LogP contribution in [0.5, 0.6) is 0 Å². The molecule has 2 aliphatic heterocycles. The maximum atomic E-state index is 13.2. The van der Waals surface area contributed by atoms with Crippen LogP contribution >= 0.6 is 0 Å². The molecule has 0 radical (unpaired) electrons. The van der Waals surface area contributed by atoms with Gasteiger partial charge >= 0.3 is 0 Å². The molecule has 23 heavy (non-hydrogen) atoms. The van der Waals surface area contributed by atoms with E-state index in [4.69, 9.17) is 0 Å². The van der Waals surface area contributed by atoms with E-state index < -0.39 is 28.1 Å². The van der Waals surface area contributed by atoms with Gasteiger partial charge in [-0.15, -0.1) is 0 Å². The van der Waals surface area contributed by atoms with Gasteiger partial charge in [0.25, 0.3) is 5.92 Å². The number of β-amino-alcohol motifs (C(OH)–C–C–N with tert-alkyl or cyclic N) is 1. The number of hydrogen-bond acceptors (Lipinski definition) is 5. The van der Waals surface area contributed by atoms with Gasteiger partial charge in [-0.2, -0.15) is 4.31 Å². The van der Waals surface area contributed by atoms with Crippen molar-refractivity contribution in [3.63, 3.8) is 0 Å². The smallest absolute Gasteiger partial charge is 0.250 e. The zero-order chi connectivity index (χ0) is 16.7. The molecule has 3 rings (SSSR count). The molecule has 2 fully saturated rings. The Kier molecular flexibility index (Phi) is 4.39. The largest absolute Gasteiger partial charge is 0.390 e. The average molecular weight is 347 g/mol. The maximum Gasteiger partial charge on any atom is 0.250 e. The second kappa shape index (κ2) is 6.04. The first-order valence-corrected chi connectivity index (χ1v) is 8.94. The van der Waals surface area contributed by atoms with E-state index in [1.165, 1.54) is 28.8 Å². The van der Waals surface area contributed by atoms with E-state index >= 15 is 0 Å². The Morgan fingerprint density at radius 3 is 2.57 bits per heavy atom. The van der Waals surface area contributed by atoms with Gasteiger partial charge in [0.05, 0.1) is 12.1 Å². The Bertz CT molecular complexity index is 646. The van der Waals surface area contributed by atoms with Crippen LogP contribution in [-0.2, 0) is 10.0 Å². The van der Waals surface area contributed by atoms with Crippen LogP contribution in [0.15, 0.2) is 29.4 Å². The lowest BCUT2D eigenvalue weighted by molar-refractivity contribution is -0.0697. The van der Waals surface area contributed by atoms with Crippen molar-refractivity contribution in [3.8, 4) is 0 Å². The number of aliphatic hydroxyl groups is 1. The molecule has 0 unspecified atom stereocenters. The number of aromatic nitrogens is 1. The molecule has 128 valence electrons. The van der Waals surface area contributed by atoms with E-state index in [2.05, 4.69) is 4.98 Å². The van der Waals surface area contributed by atoms with E-state index in [1.54, 1.807) is 4.90 Å². The first-order valence-electron chi connectivity index (χ1n) is 7.50. The topological polar surface area (TPSA) is 73.7 Å². The molecule has 9 heteroatoms. The molecule has 0 bridgehead atoms. The van der Waals surface area contributed by atoms with Crippen LogP contribution in [0.1, 0.15) is 12.8 Å². The summed E-state index contributed by atoms with van der Waals surface area (Å²) in [5, 5.41) is 10.2. The molecule has 2 atom stereocenters. The van der Waals surface area contributed by atoms with E-state index in [1.807, 2.05) is 0 Å². The molecule has 1 aromatic heterocycles. The maximum absolute atomic E-state index is 13.2. The number of nitrogens with zero attached hydrogens (tertiary/aromatic N) is 3. The summed E-state index contributed by atoms with van der Waals surface area (Å²) < 4.78 is 52.8. The number of pyridine rings is 1. The summed E-state index contributed by atoms with van der Waals surface area (Å²) in [5.74, 6) is -2.67. The number of halogens is 2. The van der Waals surface area contributed by atoms with Crippen LogP contribution in [-0.4, -0.2) is 72.0 Å². The SMILES string of the molecule is O=S(=O)(c1cccnc1)N1C[C@@H](O)[C@H](N2CCC(F)(F)CC2)C1. The van der Waals surface area contributed by atoms with Gasteiger partial charge in [-0.1, -0.05) is 0 Å². The Morgan fingerprint density at radius 2 is 1.96 bits per heavy atom. The number of sulfonamides is 1. The number of likely N-dealkylation sites (tertiary alicyclic amines) is 1. The molecule has 0 aliphatic carbocycles. The third-order valence-electron chi connectivity index (χ3n) is 4.50. The minimum Gasteiger partial charge on any atom is -0.390 e. The van der Waals surface area contributed by atoms with Crippen molar-refractivity contribution in [2.24, 2.45) is 0 Å². The summed E-state index contributed by atoms with van der Waals surface area (Å²) in [6.45, 7) is 0.393. The van der Waals surface area contributed by atoms with Crippen molar-refractivity contribution in [1.29, 1.82) is 0 Å². The first kappa shape index (κ1) is 16.7. The Hall–Kier alpha value is -1.16. The molecule has 3 heterocycles. The van der Waals surface area contributed by atoms with E-state index in [-0.39, 0.29) is 43.9 Å². The predicted octanol–water partition coefficient (Wildman–Crippen LogP) is 0.546. The molecular formula is C14H19F2N3O3S. The van der Waals surface area contributed by atoms with Crippen molar-refractivity contribution in [1.82, 2.24) is 14.2 Å². The highest BCUT2D eigenvalue weighted by molar-refractivity contribution is 7.89. The third kappa shape index (κ3) is 3.37. The van der Waals surface area contributed by atoms with Gasteiger partial charge in [0, 0.05) is 51.4 Å². The second-order valence-electron chi connectivity index (χ2n) is 6.04. The highest BCUT2D eigenvalue weighted by Gasteiger charge is 2.44. The van der Waals surface area contributed by atoms with Gasteiger partial charge in [0.15, 0.2) is 0 Å². The molecule has 0 spiro atoms. The third-order valence-corrected chi connectivity index (χ3v) is 6.31. The summed E-state index contributed by atoms with van der Waals surface area (Å²) in [4.78, 5) is 5.64. The molecular weight excluding hydrogens is 328 g/mol. The Labute approximate surface area is 133 Å². The van der Waals surface area contributed by atoms with Crippen molar-refractivity contribution < 1.29 is 22.3 Å². The summed E-state index contributed by atoms with van der Waals surface area (Å²) >= 11 is 0. The van der Waals surface area contributed by atoms with Crippen LogP contribution in [0.2, 0.25) is 0 Å². The average Bonchev–Trinajstić information content (AvgIpc) is 2.91. The number of hydrogen-bond donors (Lipinski definition) is 1. The minimum atomic E-state index is -3.73. The summed E-state index contributed by atoms with van der Waals surface area (Å²) in [7, 11) is -3.73. The van der Waals surface area contributed by atoms with Crippen LogP contribution < -0.4 is 0 Å². The predicted molar refractivity (Wildman–Crippen MR) is 78.5 cm³/mol. The van der Waals surface area contributed by atoms with Gasteiger partial charge in [-0.25, -0.2) is 17.2 Å². The lowest BCUT2D eigenvalue weighted by Crippen LogP contribution is -2.49. The fraction of sp³-hybridized carbons (Fsp3) is 0.643. The van der Waals surface area contributed by atoms with Gasteiger partial charge in [-0.05, 0) is 12.1 Å². The summed E-state index contributed by atoms with van der Waals surface area (Å²) in [6.07, 6.45) is 1.34. The van der Waals surface area contributed by atoms with Gasteiger partial charge < -0.3 is 5.11 Å². The molecule has 1 N–H and O–H groups in total. The quantitative estimate of drug-likeness (QED) is 0.864.